The number of hydrogen-bond acceptors (Lipinski definition) is 5. The van der Waals surface area contributed by atoms with Gasteiger partial charge in [-0.2, -0.15) is 4.37 Å². The van der Waals surface area contributed by atoms with Gasteiger partial charge in [0.05, 0.1) is 5.92 Å². The lowest BCUT2D eigenvalue weighted by Crippen LogP contribution is -2.32. The second-order valence-electron chi connectivity index (χ2n) is 4.41. The second-order valence-corrected chi connectivity index (χ2v) is 5.14. The summed E-state index contributed by atoms with van der Waals surface area (Å²) in [5.41, 5.74) is 0. The van der Waals surface area contributed by atoms with Crippen molar-refractivity contribution in [2.75, 3.05) is 11.4 Å². The predicted octanol–water partition coefficient (Wildman–Crippen LogP) is 1.79. The van der Waals surface area contributed by atoms with Crippen LogP contribution in [0.1, 0.15) is 32.5 Å². The van der Waals surface area contributed by atoms with Crippen LogP contribution >= 0.6 is 11.5 Å². The monoisotopic (exact) mass is 255 g/mol. The average molecular weight is 255 g/mol. The van der Waals surface area contributed by atoms with Gasteiger partial charge in [-0.3, -0.25) is 4.79 Å². The van der Waals surface area contributed by atoms with Gasteiger partial charge in [0.25, 0.3) is 0 Å². The van der Waals surface area contributed by atoms with E-state index in [4.69, 9.17) is 5.11 Å². The quantitative estimate of drug-likeness (QED) is 0.888. The molecule has 2 heterocycles. The van der Waals surface area contributed by atoms with E-state index in [9.17, 15) is 4.79 Å². The molecule has 1 saturated heterocycles. The summed E-state index contributed by atoms with van der Waals surface area (Å²) in [6.07, 6.45) is 2.61. The van der Waals surface area contributed by atoms with Crippen molar-refractivity contribution in [3.05, 3.63) is 5.82 Å². The van der Waals surface area contributed by atoms with Gasteiger partial charge in [0.1, 0.15) is 5.82 Å². The topological polar surface area (TPSA) is 66.3 Å². The number of aromatic nitrogens is 2. The number of carboxylic acids is 1. The Morgan fingerprint density at radius 3 is 3.00 bits per heavy atom. The highest BCUT2D eigenvalue weighted by molar-refractivity contribution is 7.09. The van der Waals surface area contributed by atoms with E-state index in [-0.39, 0.29) is 12.0 Å². The molecule has 2 rings (SSSR count). The maximum Gasteiger partial charge on any atom is 0.308 e. The molecule has 0 amide bonds. The molecule has 1 aliphatic heterocycles. The van der Waals surface area contributed by atoms with Crippen LogP contribution in [0.15, 0.2) is 0 Å². The van der Waals surface area contributed by atoms with Crippen LogP contribution in [-0.2, 0) is 11.2 Å². The number of aryl methyl sites for hydroxylation is 1. The molecule has 1 aromatic heterocycles. The molecule has 94 valence electrons. The highest BCUT2D eigenvalue weighted by Gasteiger charge is 2.37. The van der Waals surface area contributed by atoms with Gasteiger partial charge in [-0.15, -0.1) is 0 Å². The molecule has 2 unspecified atom stereocenters. The maximum atomic E-state index is 11.0. The second kappa shape index (κ2) is 5.00. The van der Waals surface area contributed by atoms with Crippen LogP contribution in [0.4, 0.5) is 5.13 Å². The Morgan fingerprint density at radius 1 is 1.65 bits per heavy atom. The molecule has 0 radical (unpaired) electrons. The van der Waals surface area contributed by atoms with Crippen molar-refractivity contribution in [3.63, 3.8) is 0 Å². The van der Waals surface area contributed by atoms with Crippen LogP contribution in [0.2, 0.25) is 0 Å². The number of rotatable bonds is 4. The zero-order valence-electron chi connectivity index (χ0n) is 10.1. The number of carboxylic acid groups (broad SMARTS) is 1. The van der Waals surface area contributed by atoms with Gasteiger partial charge in [-0.05, 0) is 19.8 Å². The summed E-state index contributed by atoms with van der Waals surface area (Å²) in [4.78, 5) is 17.6. The zero-order valence-corrected chi connectivity index (χ0v) is 10.9. The van der Waals surface area contributed by atoms with Gasteiger partial charge >= 0.3 is 5.97 Å². The van der Waals surface area contributed by atoms with Crippen molar-refractivity contribution in [1.29, 1.82) is 0 Å². The Morgan fingerprint density at radius 2 is 2.41 bits per heavy atom. The minimum absolute atomic E-state index is 0.00919. The molecule has 1 fully saturated rings. The van der Waals surface area contributed by atoms with Crippen LogP contribution < -0.4 is 4.90 Å². The number of hydrogen-bond donors (Lipinski definition) is 1. The fourth-order valence-corrected chi connectivity index (χ4v) is 3.05. The first-order chi connectivity index (χ1) is 8.13. The molecule has 6 heteroatoms. The van der Waals surface area contributed by atoms with Gasteiger partial charge in [0, 0.05) is 30.5 Å². The van der Waals surface area contributed by atoms with Gasteiger partial charge in [-0.25, -0.2) is 4.98 Å². The highest BCUT2D eigenvalue weighted by atomic mass is 32.1. The standard InChI is InChI=1S/C11H17N3O2S/c1-3-4-9-12-11(17-13-9)14-6-5-8(7(14)2)10(15)16/h7-8H,3-6H2,1-2H3,(H,15,16). The van der Waals surface area contributed by atoms with Gasteiger partial charge in [0.15, 0.2) is 0 Å². The highest BCUT2D eigenvalue weighted by Crippen LogP contribution is 2.30. The molecule has 0 bridgehead atoms. The third kappa shape index (κ3) is 2.41. The minimum Gasteiger partial charge on any atom is -0.481 e. The van der Waals surface area contributed by atoms with Gasteiger partial charge < -0.3 is 10.0 Å². The van der Waals surface area contributed by atoms with Crippen molar-refractivity contribution >= 4 is 22.6 Å². The van der Waals surface area contributed by atoms with Crippen molar-refractivity contribution in [2.24, 2.45) is 5.92 Å². The third-order valence-corrected chi connectivity index (χ3v) is 4.04. The number of anilines is 1. The molecule has 1 aromatic rings. The Balaban J connectivity index is 2.10. The number of nitrogens with zero attached hydrogens (tertiary/aromatic N) is 3. The largest absolute Gasteiger partial charge is 0.481 e. The Labute approximate surface area is 105 Å². The zero-order chi connectivity index (χ0) is 12.4. The molecule has 5 nitrogen and oxygen atoms in total. The molecule has 2 atom stereocenters. The SMILES string of the molecule is CCCc1nsc(N2CCC(C(=O)O)C2C)n1. The first-order valence-corrected chi connectivity index (χ1v) is 6.72. The van der Waals surface area contributed by atoms with E-state index >= 15 is 0 Å². The normalized spacial score (nSPS) is 24.2. The third-order valence-electron chi connectivity index (χ3n) is 3.25. The molecule has 1 aliphatic rings. The first kappa shape index (κ1) is 12.3. The summed E-state index contributed by atoms with van der Waals surface area (Å²) in [6, 6.07) is 0.00919. The lowest BCUT2D eigenvalue weighted by Gasteiger charge is -2.21. The lowest BCUT2D eigenvalue weighted by molar-refractivity contribution is -0.141. The van der Waals surface area contributed by atoms with Crippen molar-refractivity contribution in [2.45, 2.75) is 39.2 Å². The van der Waals surface area contributed by atoms with Crippen LogP contribution in [0.25, 0.3) is 0 Å². The van der Waals surface area contributed by atoms with Gasteiger partial charge in [0.2, 0.25) is 5.13 Å². The van der Waals surface area contributed by atoms with E-state index in [2.05, 4.69) is 21.2 Å². The molecule has 0 aromatic carbocycles. The fourth-order valence-electron chi connectivity index (χ4n) is 2.23. The molecule has 0 spiro atoms. The summed E-state index contributed by atoms with van der Waals surface area (Å²) >= 11 is 1.38. The Hall–Kier alpha value is -1.17. The summed E-state index contributed by atoms with van der Waals surface area (Å²) in [7, 11) is 0. The molecular weight excluding hydrogens is 238 g/mol. The first-order valence-electron chi connectivity index (χ1n) is 5.95. The maximum absolute atomic E-state index is 11.0. The molecule has 0 aliphatic carbocycles. The molecule has 1 N–H and O–H groups in total. The van der Waals surface area contributed by atoms with Crippen LogP contribution in [0.3, 0.4) is 0 Å². The molecule has 0 saturated carbocycles. The summed E-state index contributed by atoms with van der Waals surface area (Å²) in [6.45, 7) is 4.81. The lowest BCUT2D eigenvalue weighted by atomic mass is 10.0. The van der Waals surface area contributed by atoms with E-state index in [1.54, 1.807) is 0 Å². The van der Waals surface area contributed by atoms with E-state index in [1.807, 2.05) is 6.92 Å². The summed E-state index contributed by atoms with van der Waals surface area (Å²) < 4.78 is 4.30. The summed E-state index contributed by atoms with van der Waals surface area (Å²) in [5, 5.41) is 9.94. The molecular formula is C11H17N3O2S. The van der Waals surface area contributed by atoms with Crippen LogP contribution in [0, 0.1) is 5.92 Å². The summed E-state index contributed by atoms with van der Waals surface area (Å²) in [5.74, 6) is -0.120. The average Bonchev–Trinajstić information content (AvgIpc) is 2.85. The smallest absolute Gasteiger partial charge is 0.308 e. The van der Waals surface area contributed by atoms with E-state index in [1.165, 1.54) is 11.5 Å². The van der Waals surface area contributed by atoms with E-state index < -0.39 is 5.97 Å². The molecule has 17 heavy (non-hydrogen) atoms. The Bertz CT molecular complexity index is 407. The van der Waals surface area contributed by atoms with Crippen molar-refractivity contribution < 1.29 is 9.90 Å². The van der Waals surface area contributed by atoms with Gasteiger partial charge in [-0.1, -0.05) is 6.92 Å². The van der Waals surface area contributed by atoms with E-state index in [0.29, 0.717) is 6.42 Å². The Kier molecular flexibility index (Phi) is 3.61. The number of aliphatic carboxylic acids is 1. The number of carbonyl (C=O) groups is 1. The minimum atomic E-state index is -0.710. The van der Waals surface area contributed by atoms with Crippen LogP contribution in [0.5, 0.6) is 0 Å². The fraction of sp³-hybridized carbons (Fsp3) is 0.727. The van der Waals surface area contributed by atoms with Crippen molar-refractivity contribution in [1.82, 2.24) is 9.36 Å². The van der Waals surface area contributed by atoms with Crippen molar-refractivity contribution in [3.8, 4) is 0 Å². The van der Waals surface area contributed by atoms with E-state index in [0.717, 1.165) is 30.3 Å². The van der Waals surface area contributed by atoms with Crippen LogP contribution in [-0.4, -0.2) is 33.0 Å². The predicted molar refractivity (Wildman–Crippen MR) is 66.5 cm³/mol.